The van der Waals surface area contributed by atoms with Crippen molar-refractivity contribution >= 4 is 27.9 Å². The topological polar surface area (TPSA) is 12.2 Å². The normalized spacial score (nSPS) is 18.5. The van der Waals surface area contributed by atoms with Crippen LogP contribution >= 0.6 is 23.5 Å². The summed E-state index contributed by atoms with van der Waals surface area (Å²) in [5.41, 5.74) is 0. The molecule has 1 aliphatic heterocycles. The van der Waals surface area contributed by atoms with Crippen LogP contribution in [-0.2, 0) is 4.74 Å². The smallest absolute Gasteiger partial charge is 0.269 e. The van der Waals surface area contributed by atoms with Crippen molar-refractivity contribution in [2.24, 2.45) is 0 Å². The summed E-state index contributed by atoms with van der Waals surface area (Å²) in [5, 5.41) is 0. The van der Waals surface area contributed by atoms with Gasteiger partial charge >= 0.3 is 0 Å². The lowest BCUT2D eigenvalue weighted by Crippen LogP contribution is -2.31. The van der Waals surface area contributed by atoms with Crippen LogP contribution in [0, 0.1) is 0 Å². The minimum absolute atomic E-state index is 0.880. The van der Waals surface area contributed by atoms with Crippen LogP contribution in [0.3, 0.4) is 0 Å². The maximum Gasteiger partial charge on any atom is 0.269 e. The summed E-state index contributed by atoms with van der Waals surface area (Å²) in [7, 11) is 0. The molecule has 0 N–H and O–H groups in total. The minimum atomic E-state index is 0.880. The summed E-state index contributed by atoms with van der Waals surface area (Å²) < 4.78 is 9.06. The average molecular weight is 192 g/mol. The van der Waals surface area contributed by atoms with E-state index in [1.165, 1.54) is 4.38 Å². The first-order chi connectivity index (χ1) is 5.38. The molecule has 0 unspecified atom stereocenters. The van der Waals surface area contributed by atoms with Gasteiger partial charge in [-0.05, 0) is 12.5 Å². The molecule has 0 bridgehead atoms. The van der Waals surface area contributed by atoms with Crippen LogP contribution < -0.4 is 0 Å². The Balaban J connectivity index is 2.57. The van der Waals surface area contributed by atoms with Gasteiger partial charge in [-0.1, -0.05) is 23.5 Å². The van der Waals surface area contributed by atoms with Gasteiger partial charge in [-0.15, -0.1) is 0 Å². The molecule has 0 aromatic carbocycles. The Kier molecular flexibility index (Phi) is 4.33. The third kappa shape index (κ3) is 2.69. The zero-order chi connectivity index (χ0) is 8.10. The fourth-order valence-electron chi connectivity index (χ4n) is 1.09. The fraction of sp³-hybridized carbons (Fsp3) is 0.857. The van der Waals surface area contributed by atoms with Crippen LogP contribution in [0.1, 0.15) is 0 Å². The second kappa shape index (κ2) is 5.06. The highest BCUT2D eigenvalue weighted by Gasteiger charge is 2.16. The van der Waals surface area contributed by atoms with Crippen molar-refractivity contribution in [1.29, 1.82) is 0 Å². The predicted octanol–water partition coefficient (Wildman–Crippen LogP) is 1.11. The van der Waals surface area contributed by atoms with E-state index in [2.05, 4.69) is 17.1 Å². The number of hydrogen-bond acceptors (Lipinski definition) is 3. The van der Waals surface area contributed by atoms with Crippen molar-refractivity contribution in [2.45, 2.75) is 0 Å². The number of morpholine rings is 1. The van der Waals surface area contributed by atoms with E-state index >= 15 is 0 Å². The highest BCUT2D eigenvalue weighted by molar-refractivity contribution is 8.38. The molecular formula is C7H14NOS2+. The Morgan fingerprint density at radius 2 is 1.73 bits per heavy atom. The van der Waals surface area contributed by atoms with Gasteiger partial charge in [-0.3, -0.25) is 0 Å². The van der Waals surface area contributed by atoms with Crippen LogP contribution in [0.25, 0.3) is 0 Å². The molecule has 1 fully saturated rings. The molecule has 1 aliphatic rings. The van der Waals surface area contributed by atoms with Crippen molar-refractivity contribution < 1.29 is 9.31 Å². The molecule has 0 aliphatic carbocycles. The Hall–Kier alpha value is 0.330. The third-order valence-electron chi connectivity index (χ3n) is 1.62. The maximum atomic E-state index is 5.27. The van der Waals surface area contributed by atoms with Gasteiger partial charge in [-0.25, -0.2) is 4.58 Å². The molecule has 0 aromatic heterocycles. The summed E-state index contributed by atoms with van der Waals surface area (Å²) in [5.74, 6) is 0. The molecule has 0 radical (unpaired) electrons. The maximum absolute atomic E-state index is 5.27. The third-order valence-corrected chi connectivity index (χ3v) is 3.83. The molecule has 1 rings (SSSR count). The molecule has 11 heavy (non-hydrogen) atoms. The fourth-order valence-corrected chi connectivity index (χ4v) is 2.64. The van der Waals surface area contributed by atoms with Crippen molar-refractivity contribution in [3.05, 3.63) is 0 Å². The minimum Gasteiger partial charge on any atom is -0.368 e. The second-order valence-electron chi connectivity index (χ2n) is 2.27. The monoisotopic (exact) mass is 192 g/mol. The van der Waals surface area contributed by atoms with Crippen molar-refractivity contribution in [1.82, 2.24) is 0 Å². The summed E-state index contributed by atoms with van der Waals surface area (Å²) in [6.45, 7) is 3.86. The summed E-state index contributed by atoms with van der Waals surface area (Å²) in [4.78, 5) is 0. The van der Waals surface area contributed by atoms with E-state index in [0.29, 0.717) is 0 Å². The number of hydrogen-bond donors (Lipinski definition) is 0. The van der Waals surface area contributed by atoms with E-state index in [9.17, 15) is 0 Å². The van der Waals surface area contributed by atoms with Gasteiger partial charge in [-0.2, -0.15) is 0 Å². The average Bonchev–Trinajstić information content (AvgIpc) is 2.09. The molecule has 4 heteroatoms. The van der Waals surface area contributed by atoms with E-state index in [-0.39, 0.29) is 0 Å². The van der Waals surface area contributed by atoms with E-state index in [0.717, 1.165) is 26.3 Å². The van der Waals surface area contributed by atoms with Crippen LogP contribution in [0.15, 0.2) is 0 Å². The van der Waals surface area contributed by atoms with Crippen molar-refractivity contribution in [2.75, 3.05) is 38.8 Å². The highest BCUT2D eigenvalue weighted by Crippen LogP contribution is 2.11. The first-order valence-electron chi connectivity index (χ1n) is 3.66. The number of thioether (sulfide) groups is 2. The zero-order valence-corrected chi connectivity index (χ0v) is 8.63. The van der Waals surface area contributed by atoms with Gasteiger partial charge in [0.2, 0.25) is 0 Å². The number of rotatable bonds is 0. The Morgan fingerprint density at radius 3 is 2.18 bits per heavy atom. The zero-order valence-electron chi connectivity index (χ0n) is 7.00. The molecule has 1 saturated heterocycles. The van der Waals surface area contributed by atoms with Gasteiger partial charge in [0.15, 0.2) is 13.1 Å². The molecule has 0 saturated carbocycles. The molecule has 0 amide bonds. The molecule has 2 nitrogen and oxygen atoms in total. The van der Waals surface area contributed by atoms with Crippen molar-refractivity contribution in [3.63, 3.8) is 0 Å². The van der Waals surface area contributed by atoms with E-state index < -0.39 is 0 Å². The first-order valence-corrected chi connectivity index (χ1v) is 6.11. The van der Waals surface area contributed by atoms with Gasteiger partial charge in [0, 0.05) is 0 Å². The first kappa shape index (κ1) is 9.42. The lowest BCUT2D eigenvalue weighted by atomic mass is 10.5. The molecule has 64 valence electrons. The highest BCUT2D eigenvalue weighted by atomic mass is 32.2. The van der Waals surface area contributed by atoms with Gasteiger partial charge in [0.25, 0.3) is 4.38 Å². The summed E-state index contributed by atoms with van der Waals surface area (Å²) in [6, 6.07) is 0. The molecular weight excluding hydrogens is 178 g/mol. The van der Waals surface area contributed by atoms with Crippen LogP contribution in [0.5, 0.6) is 0 Å². The Bertz CT molecular complexity index is 145. The lowest BCUT2D eigenvalue weighted by Gasteiger charge is -2.12. The Labute approximate surface area is 76.4 Å². The molecule has 0 spiro atoms. The number of ether oxygens (including phenoxy) is 1. The Morgan fingerprint density at radius 1 is 1.18 bits per heavy atom. The number of nitrogens with zero attached hydrogens (tertiary/aromatic N) is 1. The lowest BCUT2D eigenvalue weighted by molar-refractivity contribution is -0.544. The largest absolute Gasteiger partial charge is 0.368 e. The van der Waals surface area contributed by atoms with Gasteiger partial charge in [0.1, 0.15) is 13.2 Å². The van der Waals surface area contributed by atoms with Gasteiger partial charge < -0.3 is 4.74 Å². The van der Waals surface area contributed by atoms with E-state index in [4.69, 9.17) is 4.74 Å². The summed E-state index contributed by atoms with van der Waals surface area (Å²) >= 11 is 3.65. The van der Waals surface area contributed by atoms with Crippen LogP contribution in [0.4, 0.5) is 0 Å². The molecule has 1 heterocycles. The van der Waals surface area contributed by atoms with E-state index in [1.54, 1.807) is 0 Å². The van der Waals surface area contributed by atoms with Gasteiger partial charge in [0.05, 0.1) is 0 Å². The standard InChI is InChI=1S/C7H14NOS2/c1-10-7(11-2)8-3-5-9-6-4-8/h3-6H2,1-2H3/q+1. The predicted molar refractivity (Wildman–Crippen MR) is 52.9 cm³/mol. The van der Waals surface area contributed by atoms with Crippen LogP contribution in [0.2, 0.25) is 0 Å². The SMILES string of the molecule is CSC(SC)=[N+]1CCOCC1. The van der Waals surface area contributed by atoms with Crippen molar-refractivity contribution in [3.8, 4) is 0 Å². The quantitative estimate of drug-likeness (QED) is 0.421. The van der Waals surface area contributed by atoms with E-state index in [1.807, 2.05) is 23.5 Å². The summed E-state index contributed by atoms with van der Waals surface area (Å²) in [6.07, 6.45) is 4.25. The molecule has 0 aromatic rings. The molecule has 0 atom stereocenters. The van der Waals surface area contributed by atoms with Crippen LogP contribution in [-0.4, -0.2) is 47.8 Å². The second-order valence-corrected chi connectivity index (χ2v) is 4.12.